The molecule has 3 N–H and O–H groups in total. The average molecular weight is 196 g/mol. The molecule has 2 atom stereocenters. The molecule has 2 unspecified atom stereocenters. The summed E-state index contributed by atoms with van der Waals surface area (Å²) in [6.45, 7) is 5.41. The van der Waals surface area contributed by atoms with Crippen LogP contribution in [0.5, 0.6) is 0 Å². The van der Waals surface area contributed by atoms with Gasteiger partial charge in [0.25, 0.3) is 0 Å². The molecule has 1 aliphatic carbocycles. The first-order chi connectivity index (χ1) is 6.65. The number of hydrogen-bond donors (Lipinski definition) is 2. The number of allylic oxidation sites excluding steroid dienone is 1. The molecule has 1 aliphatic heterocycles. The lowest BCUT2D eigenvalue weighted by molar-refractivity contribution is 0.158. The second kappa shape index (κ2) is 3.55. The van der Waals surface area contributed by atoms with E-state index in [1.165, 1.54) is 6.42 Å². The first-order valence-corrected chi connectivity index (χ1v) is 5.44. The van der Waals surface area contributed by atoms with Crippen molar-refractivity contribution in [2.75, 3.05) is 6.61 Å². The Kier molecular flexibility index (Phi) is 2.54. The molecule has 3 heteroatoms. The quantitative estimate of drug-likeness (QED) is 0.532. The summed E-state index contributed by atoms with van der Waals surface area (Å²) in [5.74, 6) is 7.29. The number of hydrazine groups is 1. The van der Waals surface area contributed by atoms with E-state index in [0.717, 1.165) is 25.2 Å². The molecule has 2 aliphatic rings. The average Bonchev–Trinajstić information content (AvgIpc) is 2.78. The molecule has 0 spiro atoms. The van der Waals surface area contributed by atoms with Crippen molar-refractivity contribution in [1.82, 2.24) is 5.43 Å². The molecule has 0 aromatic heterocycles. The van der Waals surface area contributed by atoms with Crippen molar-refractivity contribution in [1.29, 1.82) is 0 Å². The molecule has 1 fully saturated rings. The van der Waals surface area contributed by atoms with Crippen molar-refractivity contribution in [2.45, 2.75) is 39.2 Å². The summed E-state index contributed by atoms with van der Waals surface area (Å²) in [5, 5.41) is 0. The normalized spacial score (nSPS) is 31.6. The van der Waals surface area contributed by atoms with Gasteiger partial charge in [0.2, 0.25) is 0 Å². The number of hydrogen-bond acceptors (Lipinski definition) is 3. The fraction of sp³-hybridized carbons (Fsp3) is 0.818. The van der Waals surface area contributed by atoms with Crippen LogP contribution in [0.15, 0.2) is 11.8 Å². The molecule has 2 rings (SSSR count). The van der Waals surface area contributed by atoms with Gasteiger partial charge in [-0.2, -0.15) is 0 Å². The van der Waals surface area contributed by atoms with Crippen LogP contribution in [0, 0.1) is 11.3 Å². The Bertz CT molecular complexity index is 248. The summed E-state index contributed by atoms with van der Waals surface area (Å²) in [6, 6.07) is 0.227. The number of nitrogens with one attached hydrogen (secondary N) is 1. The molecule has 1 saturated carbocycles. The monoisotopic (exact) mass is 196 g/mol. The predicted molar refractivity (Wildman–Crippen MR) is 56.3 cm³/mol. The molecular weight excluding hydrogens is 176 g/mol. The molecule has 1 heterocycles. The third-order valence-corrected chi connectivity index (χ3v) is 3.44. The van der Waals surface area contributed by atoms with Crippen molar-refractivity contribution >= 4 is 0 Å². The number of ether oxygens (including phenoxy) is 1. The van der Waals surface area contributed by atoms with Crippen LogP contribution in [0.2, 0.25) is 0 Å². The Hall–Kier alpha value is -0.540. The highest BCUT2D eigenvalue weighted by Gasteiger charge is 2.51. The smallest absolute Gasteiger partial charge is 0.111 e. The van der Waals surface area contributed by atoms with Crippen LogP contribution in [0.25, 0.3) is 0 Å². The molecular formula is C11H20N2O. The third kappa shape index (κ3) is 1.79. The zero-order valence-electron chi connectivity index (χ0n) is 9.05. The Morgan fingerprint density at radius 1 is 1.64 bits per heavy atom. The number of rotatable bonds is 3. The van der Waals surface area contributed by atoms with Crippen LogP contribution in [-0.2, 0) is 4.74 Å². The summed E-state index contributed by atoms with van der Waals surface area (Å²) >= 11 is 0. The fourth-order valence-electron chi connectivity index (χ4n) is 2.27. The van der Waals surface area contributed by atoms with Gasteiger partial charge >= 0.3 is 0 Å². The second-order valence-electron chi connectivity index (χ2n) is 5.04. The van der Waals surface area contributed by atoms with E-state index in [9.17, 15) is 0 Å². The molecule has 0 radical (unpaired) electrons. The van der Waals surface area contributed by atoms with E-state index < -0.39 is 0 Å². The lowest BCUT2D eigenvalue weighted by atomic mass is 10.0. The van der Waals surface area contributed by atoms with Crippen LogP contribution >= 0.6 is 0 Å². The van der Waals surface area contributed by atoms with Gasteiger partial charge in [0.15, 0.2) is 0 Å². The Morgan fingerprint density at radius 2 is 2.36 bits per heavy atom. The fourth-order valence-corrected chi connectivity index (χ4v) is 2.27. The maximum absolute atomic E-state index is 5.64. The van der Waals surface area contributed by atoms with Crippen LogP contribution in [0.4, 0.5) is 0 Å². The van der Waals surface area contributed by atoms with Crippen LogP contribution in [0.3, 0.4) is 0 Å². The molecule has 14 heavy (non-hydrogen) atoms. The standard InChI is InChI=1S/C11H20N2O/c1-11(2)7-8(11)10(13-12)9-5-3-4-6-14-9/h5,8,10,13H,3-4,6-7,12H2,1-2H3. The third-order valence-electron chi connectivity index (χ3n) is 3.44. The van der Waals surface area contributed by atoms with Gasteiger partial charge in [-0.3, -0.25) is 5.84 Å². The molecule has 0 bridgehead atoms. The summed E-state index contributed by atoms with van der Waals surface area (Å²) in [4.78, 5) is 0. The molecule has 0 aromatic carbocycles. The Balaban J connectivity index is 2.03. The first-order valence-electron chi connectivity index (χ1n) is 5.44. The van der Waals surface area contributed by atoms with Crippen molar-refractivity contribution in [3.05, 3.63) is 11.8 Å². The highest BCUT2D eigenvalue weighted by molar-refractivity contribution is 5.15. The SMILES string of the molecule is CC1(C)CC1C(NN)C1=CCCCO1. The van der Waals surface area contributed by atoms with E-state index in [1.54, 1.807) is 0 Å². The van der Waals surface area contributed by atoms with E-state index in [0.29, 0.717) is 11.3 Å². The van der Waals surface area contributed by atoms with Gasteiger partial charge in [0.05, 0.1) is 12.6 Å². The summed E-state index contributed by atoms with van der Waals surface area (Å²) in [6.07, 6.45) is 5.68. The van der Waals surface area contributed by atoms with E-state index >= 15 is 0 Å². The first kappa shape index (κ1) is 9.99. The maximum atomic E-state index is 5.64. The van der Waals surface area contributed by atoms with Crippen LogP contribution < -0.4 is 11.3 Å². The minimum absolute atomic E-state index is 0.227. The molecule has 80 valence electrons. The van der Waals surface area contributed by atoms with Crippen LogP contribution in [0.1, 0.15) is 33.1 Å². The van der Waals surface area contributed by atoms with Gasteiger partial charge in [-0.25, -0.2) is 5.43 Å². The van der Waals surface area contributed by atoms with Crippen molar-refractivity contribution in [3.63, 3.8) is 0 Å². The van der Waals surface area contributed by atoms with Crippen molar-refractivity contribution in [3.8, 4) is 0 Å². The van der Waals surface area contributed by atoms with Crippen LogP contribution in [-0.4, -0.2) is 12.6 Å². The van der Waals surface area contributed by atoms with Gasteiger partial charge in [0, 0.05) is 0 Å². The molecule has 0 saturated heterocycles. The lowest BCUT2D eigenvalue weighted by Crippen LogP contribution is -2.40. The van der Waals surface area contributed by atoms with Gasteiger partial charge < -0.3 is 4.74 Å². The molecule has 0 aromatic rings. The highest BCUT2D eigenvalue weighted by Crippen LogP contribution is 2.54. The van der Waals surface area contributed by atoms with Gasteiger partial charge in [-0.15, -0.1) is 0 Å². The lowest BCUT2D eigenvalue weighted by Gasteiger charge is -2.24. The Morgan fingerprint density at radius 3 is 2.79 bits per heavy atom. The van der Waals surface area contributed by atoms with Crippen molar-refractivity contribution < 1.29 is 4.74 Å². The van der Waals surface area contributed by atoms with Gasteiger partial charge in [0.1, 0.15) is 5.76 Å². The molecule has 3 nitrogen and oxygen atoms in total. The van der Waals surface area contributed by atoms with E-state index in [-0.39, 0.29) is 6.04 Å². The zero-order chi connectivity index (χ0) is 10.2. The largest absolute Gasteiger partial charge is 0.497 e. The molecule has 0 amide bonds. The number of nitrogens with two attached hydrogens (primary N) is 1. The van der Waals surface area contributed by atoms with Crippen molar-refractivity contribution in [2.24, 2.45) is 17.2 Å². The second-order valence-corrected chi connectivity index (χ2v) is 5.04. The van der Waals surface area contributed by atoms with E-state index in [4.69, 9.17) is 10.6 Å². The summed E-state index contributed by atoms with van der Waals surface area (Å²) in [5.41, 5.74) is 3.33. The maximum Gasteiger partial charge on any atom is 0.111 e. The summed E-state index contributed by atoms with van der Waals surface area (Å²) < 4.78 is 5.64. The topological polar surface area (TPSA) is 47.3 Å². The predicted octanol–water partition coefficient (Wildman–Crippen LogP) is 1.56. The van der Waals surface area contributed by atoms with Gasteiger partial charge in [-0.1, -0.05) is 13.8 Å². The van der Waals surface area contributed by atoms with E-state index in [1.807, 2.05) is 0 Å². The van der Waals surface area contributed by atoms with Gasteiger partial charge in [-0.05, 0) is 36.7 Å². The minimum atomic E-state index is 0.227. The summed E-state index contributed by atoms with van der Waals surface area (Å²) in [7, 11) is 0. The highest BCUT2D eigenvalue weighted by atomic mass is 16.5. The Labute approximate surface area is 85.7 Å². The minimum Gasteiger partial charge on any atom is -0.497 e. The zero-order valence-corrected chi connectivity index (χ0v) is 9.05. The van der Waals surface area contributed by atoms with E-state index in [2.05, 4.69) is 25.3 Å².